The van der Waals surface area contributed by atoms with Gasteiger partial charge in [-0.3, -0.25) is 4.90 Å². The number of nitrogens with zero attached hydrogens (tertiary/aromatic N) is 5. The van der Waals surface area contributed by atoms with Gasteiger partial charge in [-0.1, -0.05) is 6.42 Å². The van der Waals surface area contributed by atoms with Gasteiger partial charge in [-0.05, 0) is 50.6 Å². The van der Waals surface area contributed by atoms with E-state index in [0.717, 1.165) is 81.7 Å². The number of hydrogen-bond acceptors (Lipinski definition) is 5. The summed E-state index contributed by atoms with van der Waals surface area (Å²) in [7, 11) is 0. The first-order valence-electron chi connectivity index (χ1n) is 11.1. The van der Waals surface area contributed by atoms with Crippen LogP contribution in [-0.2, 0) is 12.8 Å². The molecular formula is C21H32F3N5. The molecule has 1 saturated heterocycles. The van der Waals surface area contributed by atoms with Crippen LogP contribution in [0.5, 0.6) is 0 Å². The van der Waals surface area contributed by atoms with E-state index in [1.165, 1.54) is 19.3 Å². The molecule has 0 spiro atoms. The molecular weight excluding hydrogens is 379 g/mol. The average Bonchev–Trinajstić information content (AvgIpc) is 2.75. The molecule has 1 aliphatic carbocycles. The van der Waals surface area contributed by atoms with E-state index in [-0.39, 0.29) is 6.54 Å². The van der Waals surface area contributed by atoms with E-state index in [2.05, 4.69) is 14.8 Å². The first-order valence-corrected chi connectivity index (χ1v) is 11.1. The van der Waals surface area contributed by atoms with Gasteiger partial charge in [-0.15, -0.1) is 0 Å². The second kappa shape index (κ2) is 9.16. The van der Waals surface area contributed by atoms with Gasteiger partial charge in [0.25, 0.3) is 0 Å². The van der Waals surface area contributed by atoms with E-state index in [1.54, 1.807) is 0 Å². The maximum atomic E-state index is 12.6. The first-order chi connectivity index (χ1) is 14.0. The molecule has 0 bridgehead atoms. The molecule has 29 heavy (non-hydrogen) atoms. The van der Waals surface area contributed by atoms with Crippen LogP contribution in [0.3, 0.4) is 0 Å². The molecule has 0 radical (unpaired) electrons. The van der Waals surface area contributed by atoms with Crippen molar-refractivity contribution in [3.8, 4) is 0 Å². The topological polar surface area (TPSA) is 35.5 Å². The highest BCUT2D eigenvalue weighted by molar-refractivity contribution is 5.34. The maximum absolute atomic E-state index is 12.6. The Hall–Kier alpha value is -1.41. The van der Waals surface area contributed by atoms with E-state index in [9.17, 15) is 13.2 Å². The summed E-state index contributed by atoms with van der Waals surface area (Å²) in [6.45, 7) is 5.57. The molecule has 5 nitrogen and oxygen atoms in total. The average molecular weight is 412 g/mol. The zero-order valence-electron chi connectivity index (χ0n) is 17.1. The molecule has 0 aromatic carbocycles. The van der Waals surface area contributed by atoms with Crippen LogP contribution >= 0.6 is 0 Å². The Kier molecular flexibility index (Phi) is 6.59. The fraction of sp³-hybridized carbons (Fsp3) is 0.810. The van der Waals surface area contributed by atoms with Gasteiger partial charge < -0.3 is 9.80 Å². The van der Waals surface area contributed by atoms with Gasteiger partial charge in [-0.25, -0.2) is 9.97 Å². The first kappa shape index (κ1) is 20.8. The van der Waals surface area contributed by atoms with Crippen molar-refractivity contribution in [2.45, 2.75) is 63.6 Å². The number of rotatable bonds is 4. The molecule has 1 saturated carbocycles. The number of anilines is 1. The lowest BCUT2D eigenvalue weighted by atomic mass is 9.91. The number of alkyl halides is 3. The molecule has 2 aliphatic heterocycles. The molecule has 4 rings (SSSR count). The summed E-state index contributed by atoms with van der Waals surface area (Å²) >= 11 is 0. The van der Waals surface area contributed by atoms with E-state index in [1.807, 2.05) is 11.1 Å². The summed E-state index contributed by atoms with van der Waals surface area (Å²) in [4.78, 5) is 16.4. The highest BCUT2D eigenvalue weighted by Crippen LogP contribution is 2.26. The van der Waals surface area contributed by atoms with Crippen molar-refractivity contribution >= 4 is 5.95 Å². The van der Waals surface area contributed by atoms with Crippen molar-refractivity contribution in [3.05, 3.63) is 17.5 Å². The predicted molar refractivity (Wildman–Crippen MR) is 107 cm³/mol. The highest BCUT2D eigenvalue weighted by Gasteiger charge is 2.29. The minimum absolute atomic E-state index is 0.0864. The standard InChI is InChI=1S/C21H32F3N5/c22-21(23,24)8-11-27-9-2-1-6-19-17(7-10-27)16-25-20(26-19)29-14-12-28(13-15-29)18-4-3-5-18/h16,18H,1-15H2. The number of aromatic nitrogens is 2. The highest BCUT2D eigenvalue weighted by atomic mass is 19.4. The fourth-order valence-corrected chi connectivity index (χ4v) is 4.57. The van der Waals surface area contributed by atoms with Crippen molar-refractivity contribution in [1.82, 2.24) is 19.8 Å². The fourth-order valence-electron chi connectivity index (χ4n) is 4.57. The molecule has 2 fully saturated rings. The molecule has 3 aliphatic rings. The van der Waals surface area contributed by atoms with Gasteiger partial charge in [0.1, 0.15) is 0 Å². The van der Waals surface area contributed by atoms with Crippen LogP contribution in [0.1, 0.15) is 49.8 Å². The van der Waals surface area contributed by atoms with E-state index >= 15 is 0 Å². The van der Waals surface area contributed by atoms with Crippen LogP contribution in [0.4, 0.5) is 19.1 Å². The lowest BCUT2D eigenvalue weighted by Gasteiger charge is -2.43. The van der Waals surface area contributed by atoms with E-state index < -0.39 is 12.6 Å². The smallest absolute Gasteiger partial charge is 0.338 e. The molecule has 0 atom stereocenters. The number of hydrogen-bond donors (Lipinski definition) is 0. The Bertz CT molecular complexity index is 669. The van der Waals surface area contributed by atoms with Crippen molar-refractivity contribution in [2.75, 3.05) is 50.7 Å². The summed E-state index contributed by atoms with van der Waals surface area (Å²) in [6.07, 6.45) is 4.64. The number of aryl methyl sites for hydroxylation is 1. The van der Waals surface area contributed by atoms with Crippen LogP contribution in [0.15, 0.2) is 6.20 Å². The molecule has 3 heterocycles. The van der Waals surface area contributed by atoms with Crippen LogP contribution in [0.25, 0.3) is 0 Å². The molecule has 8 heteroatoms. The van der Waals surface area contributed by atoms with E-state index in [4.69, 9.17) is 4.98 Å². The SMILES string of the molecule is FC(F)(F)CCN1CCCCc2nc(N3CCN(C4CCC4)CC3)ncc2CC1. The normalized spacial score (nSPS) is 23.1. The summed E-state index contributed by atoms with van der Waals surface area (Å²) < 4.78 is 37.7. The van der Waals surface area contributed by atoms with Crippen LogP contribution < -0.4 is 4.90 Å². The monoisotopic (exact) mass is 411 g/mol. The molecule has 0 unspecified atom stereocenters. The zero-order valence-corrected chi connectivity index (χ0v) is 17.1. The van der Waals surface area contributed by atoms with Gasteiger partial charge in [-0.2, -0.15) is 13.2 Å². The maximum Gasteiger partial charge on any atom is 0.390 e. The van der Waals surface area contributed by atoms with Crippen LogP contribution in [0, 0.1) is 0 Å². The van der Waals surface area contributed by atoms with Gasteiger partial charge in [0, 0.05) is 57.2 Å². The Morgan fingerprint density at radius 1 is 0.931 bits per heavy atom. The van der Waals surface area contributed by atoms with Crippen molar-refractivity contribution in [1.29, 1.82) is 0 Å². The van der Waals surface area contributed by atoms with Crippen molar-refractivity contribution < 1.29 is 13.2 Å². The van der Waals surface area contributed by atoms with Crippen molar-refractivity contribution in [2.24, 2.45) is 0 Å². The Morgan fingerprint density at radius 3 is 2.41 bits per heavy atom. The third kappa shape index (κ3) is 5.60. The van der Waals surface area contributed by atoms with Crippen molar-refractivity contribution in [3.63, 3.8) is 0 Å². The lowest BCUT2D eigenvalue weighted by molar-refractivity contribution is -0.137. The number of piperazine rings is 1. The lowest BCUT2D eigenvalue weighted by Crippen LogP contribution is -2.52. The molecule has 0 N–H and O–H groups in total. The van der Waals surface area contributed by atoms with Gasteiger partial charge in [0.2, 0.25) is 5.95 Å². The Morgan fingerprint density at radius 2 is 1.72 bits per heavy atom. The quantitative estimate of drug-likeness (QED) is 0.760. The van der Waals surface area contributed by atoms with E-state index in [0.29, 0.717) is 6.54 Å². The van der Waals surface area contributed by atoms with Gasteiger partial charge in [0.05, 0.1) is 6.42 Å². The predicted octanol–water partition coefficient (Wildman–Crippen LogP) is 3.28. The minimum Gasteiger partial charge on any atom is -0.338 e. The van der Waals surface area contributed by atoms with Crippen LogP contribution in [-0.4, -0.2) is 77.8 Å². The van der Waals surface area contributed by atoms with Crippen LogP contribution in [0.2, 0.25) is 0 Å². The summed E-state index contributed by atoms with van der Waals surface area (Å²) in [5.74, 6) is 0.824. The number of halogens is 3. The zero-order chi connectivity index (χ0) is 20.3. The molecule has 1 aromatic rings. The van der Waals surface area contributed by atoms with Gasteiger partial charge in [0.15, 0.2) is 0 Å². The third-order valence-corrected chi connectivity index (χ3v) is 6.68. The largest absolute Gasteiger partial charge is 0.390 e. The summed E-state index contributed by atoms with van der Waals surface area (Å²) in [5, 5.41) is 0. The third-order valence-electron chi connectivity index (χ3n) is 6.68. The Labute approximate surface area is 171 Å². The molecule has 1 aromatic heterocycles. The minimum atomic E-state index is -4.09. The Balaban J connectivity index is 1.36. The molecule has 162 valence electrons. The molecule has 0 amide bonds. The second-order valence-electron chi connectivity index (χ2n) is 8.66. The number of fused-ring (bicyclic) bond motifs is 1. The summed E-state index contributed by atoms with van der Waals surface area (Å²) in [6, 6.07) is 0.790. The summed E-state index contributed by atoms with van der Waals surface area (Å²) in [5.41, 5.74) is 2.19. The van der Waals surface area contributed by atoms with Gasteiger partial charge >= 0.3 is 6.18 Å². The second-order valence-corrected chi connectivity index (χ2v) is 8.66.